The number of aliphatic hydroxyl groups is 1. The van der Waals surface area contributed by atoms with Crippen molar-refractivity contribution in [2.45, 2.75) is 57.5 Å². The zero-order valence-electron chi connectivity index (χ0n) is 17.5. The van der Waals surface area contributed by atoms with Crippen LogP contribution in [0.4, 0.5) is 0 Å². The summed E-state index contributed by atoms with van der Waals surface area (Å²) < 4.78 is 0. The minimum atomic E-state index is -1.54. The van der Waals surface area contributed by atoms with E-state index in [1.807, 2.05) is 0 Å². The fraction of sp³-hybridized carbons (Fsp3) is 0.611. The van der Waals surface area contributed by atoms with Crippen LogP contribution in [0.15, 0.2) is 12.5 Å². The quantitative estimate of drug-likeness (QED) is 0.161. The third kappa shape index (κ3) is 8.19. The Labute approximate surface area is 185 Å². The molecule has 0 saturated carbocycles. The van der Waals surface area contributed by atoms with Crippen molar-refractivity contribution in [2.24, 2.45) is 11.7 Å². The molecule has 0 aliphatic carbocycles. The van der Waals surface area contributed by atoms with Crippen LogP contribution in [-0.4, -0.2) is 79.9 Å². The molecule has 8 N–H and O–H groups in total. The van der Waals surface area contributed by atoms with Crippen LogP contribution >= 0.6 is 12.6 Å². The predicted octanol–water partition coefficient (Wildman–Crippen LogP) is -2.21. The molecule has 1 heterocycles. The van der Waals surface area contributed by atoms with Crippen LogP contribution in [0.3, 0.4) is 0 Å². The molecule has 0 radical (unpaired) electrons. The van der Waals surface area contributed by atoms with E-state index in [-0.39, 0.29) is 12.2 Å². The molecule has 1 aromatic heterocycles. The number of carboxylic acid groups (broad SMARTS) is 1. The van der Waals surface area contributed by atoms with Gasteiger partial charge in [-0.3, -0.25) is 14.4 Å². The second-order valence-corrected chi connectivity index (χ2v) is 7.79. The number of carbonyl (C=O) groups is 4. The summed E-state index contributed by atoms with van der Waals surface area (Å²) in [5, 5.41) is 26.0. The normalized spacial score (nSPS) is 16.0. The molecule has 5 atom stereocenters. The molecule has 0 bridgehead atoms. The highest BCUT2D eigenvalue weighted by molar-refractivity contribution is 7.80. The van der Waals surface area contributed by atoms with Gasteiger partial charge in [0.2, 0.25) is 17.7 Å². The van der Waals surface area contributed by atoms with Crippen LogP contribution in [0.25, 0.3) is 0 Å². The van der Waals surface area contributed by atoms with Gasteiger partial charge in [-0.05, 0) is 12.8 Å². The summed E-state index contributed by atoms with van der Waals surface area (Å²) in [7, 11) is 0. The first-order valence-corrected chi connectivity index (χ1v) is 10.3. The number of hydrogen-bond donors (Lipinski definition) is 8. The molecular weight excluding hydrogens is 428 g/mol. The summed E-state index contributed by atoms with van der Waals surface area (Å²) in [6.45, 7) is 4.53. The topological polar surface area (TPSA) is 200 Å². The van der Waals surface area contributed by atoms with Gasteiger partial charge in [-0.2, -0.15) is 12.6 Å². The Morgan fingerprint density at radius 1 is 1.10 bits per heavy atom. The van der Waals surface area contributed by atoms with Gasteiger partial charge in [0.05, 0.1) is 18.5 Å². The number of aromatic nitrogens is 2. The Kier molecular flexibility index (Phi) is 10.4. The molecule has 0 saturated heterocycles. The molecule has 0 spiro atoms. The third-order valence-electron chi connectivity index (χ3n) is 4.44. The Hall–Kier alpha value is -2.64. The second kappa shape index (κ2) is 12.3. The highest BCUT2D eigenvalue weighted by Gasteiger charge is 2.33. The molecule has 3 amide bonds. The van der Waals surface area contributed by atoms with Crippen LogP contribution in [0.1, 0.15) is 26.5 Å². The van der Waals surface area contributed by atoms with Gasteiger partial charge in [0.25, 0.3) is 0 Å². The van der Waals surface area contributed by atoms with Gasteiger partial charge in [-0.15, -0.1) is 0 Å². The van der Waals surface area contributed by atoms with E-state index >= 15 is 0 Å². The number of H-pyrrole nitrogens is 1. The maximum absolute atomic E-state index is 12.9. The van der Waals surface area contributed by atoms with E-state index < -0.39 is 59.9 Å². The van der Waals surface area contributed by atoms with Gasteiger partial charge >= 0.3 is 5.97 Å². The monoisotopic (exact) mass is 458 g/mol. The van der Waals surface area contributed by atoms with Crippen molar-refractivity contribution in [3.63, 3.8) is 0 Å². The summed E-state index contributed by atoms with van der Waals surface area (Å²) in [5.74, 6) is -3.82. The first kappa shape index (κ1) is 26.4. The molecule has 0 aliphatic heterocycles. The van der Waals surface area contributed by atoms with Crippen molar-refractivity contribution < 1.29 is 29.4 Å². The van der Waals surface area contributed by atoms with Crippen molar-refractivity contribution in [1.82, 2.24) is 25.9 Å². The van der Waals surface area contributed by atoms with E-state index in [9.17, 15) is 24.3 Å². The SMILES string of the molecule is CC(C)C(NC(=O)C(Cc1cnc[nH]1)NC(=O)C(N)CS)C(=O)NC(C(=O)O)C(C)O. The average Bonchev–Trinajstić information content (AvgIpc) is 3.20. The van der Waals surface area contributed by atoms with E-state index in [0.29, 0.717) is 5.69 Å². The number of aliphatic carboxylic acids is 1. The number of nitrogens with one attached hydrogen (secondary N) is 4. The predicted molar refractivity (Wildman–Crippen MR) is 114 cm³/mol. The number of hydrogen-bond acceptors (Lipinski definition) is 8. The number of carbonyl (C=O) groups excluding carboxylic acids is 3. The second-order valence-electron chi connectivity index (χ2n) is 7.43. The van der Waals surface area contributed by atoms with E-state index in [4.69, 9.17) is 10.8 Å². The summed E-state index contributed by atoms with van der Waals surface area (Å²) >= 11 is 3.97. The van der Waals surface area contributed by atoms with Crippen molar-refractivity contribution in [3.05, 3.63) is 18.2 Å². The van der Waals surface area contributed by atoms with Crippen molar-refractivity contribution in [3.8, 4) is 0 Å². The minimum Gasteiger partial charge on any atom is -0.480 e. The molecule has 1 rings (SSSR count). The Morgan fingerprint density at radius 3 is 2.16 bits per heavy atom. The van der Waals surface area contributed by atoms with Crippen LogP contribution in [0.2, 0.25) is 0 Å². The minimum absolute atomic E-state index is 0.0503. The maximum Gasteiger partial charge on any atom is 0.328 e. The van der Waals surface area contributed by atoms with Crippen molar-refractivity contribution >= 4 is 36.3 Å². The smallest absolute Gasteiger partial charge is 0.328 e. The summed E-state index contributed by atoms with van der Waals surface area (Å²) in [6.07, 6.45) is 1.60. The zero-order valence-corrected chi connectivity index (χ0v) is 18.4. The number of aromatic amines is 1. The fourth-order valence-electron chi connectivity index (χ4n) is 2.61. The number of nitrogens with zero attached hydrogens (tertiary/aromatic N) is 1. The number of thiol groups is 1. The van der Waals surface area contributed by atoms with Crippen LogP contribution in [0.5, 0.6) is 0 Å². The summed E-state index contributed by atoms with van der Waals surface area (Å²) in [5.41, 5.74) is 6.22. The maximum atomic E-state index is 12.9. The van der Waals surface area contributed by atoms with Gasteiger partial charge in [0, 0.05) is 24.1 Å². The Balaban J connectivity index is 3.00. The first-order valence-electron chi connectivity index (χ1n) is 9.63. The Morgan fingerprint density at radius 2 is 1.71 bits per heavy atom. The van der Waals surface area contributed by atoms with Gasteiger partial charge in [0.1, 0.15) is 12.1 Å². The number of rotatable bonds is 12. The number of amides is 3. The molecule has 31 heavy (non-hydrogen) atoms. The van der Waals surface area contributed by atoms with Gasteiger partial charge in [-0.25, -0.2) is 9.78 Å². The lowest BCUT2D eigenvalue weighted by atomic mass is 10.0. The fourth-order valence-corrected chi connectivity index (χ4v) is 2.77. The Bertz CT molecular complexity index is 757. The molecule has 174 valence electrons. The number of nitrogens with two attached hydrogens (primary N) is 1. The van der Waals surface area contributed by atoms with Gasteiger partial charge in [-0.1, -0.05) is 13.8 Å². The van der Waals surface area contributed by atoms with Crippen LogP contribution in [-0.2, 0) is 25.6 Å². The number of carboxylic acids is 1. The molecule has 0 aromatic carbocycles. The lowest BCUT2D eigenvalue weighted by molar-refractivity contribution is -0.145. The molecule has 12 nitrogen and oxygen atoms in total. The van der Waals surface area contributed by atoms with E-state index in [1.54, 1.807) is 13.8 Å². The van der Waals surface area contributed by atoms with Gasteiger partial charge in [0.15, 0.2) is 6.04 Å². The van der Waals surface area contributed by atoms with Gasteiger partial charge < -0.3 is 36.9 Å². The molecule has 1 aromatic rings. The number of aliphatic hydroxyl groups excluding tert-OH is 1. The van der Waals surface area contributed by atoms with E-state index in [1.165, 1.54) is 19.4 Å². The summed E-state index contributed by atoms with van der Waals surface area (Å²) in [6, 6.07) is -4.68. The molecule has 13 heteroatoms. The lowest BCUT2D eigenvalue weighted by Crippen LogP contribution is -2.60. The van der Waals surface area contributed by atoms with Crippen molar-refractivity contribution in [2.75, 3.05) is 5.75 Å². The van der Waals surface area contributed by atoms with Crippen molar-refractivity contribution in [1.29, 1.82) is 0 Å². The zero-order chi connectivity index (χ0) is 23.7. The molecule has 0 fully saturated rings. The molecule has 0 aliphatic rings. The largest absolute Gasteiger partial charge is 0.480 e. The van der Waals surface area contributed by atoms with E-state index in [0.717, 1.165) is 0 Å². The average molecular weight is 459 g/mol. The highest BCUT2D eigenvalue weighted by Crippen LogP contribution is 2.07. The standard InChI is InChI=1S/C18H30N6O6S/c1-8(2)13(17(28)24-14(9(3)25)18(29)30)23-16(27)12(4-10-5-20-7-21-10)22-15(26)11(19)6-31/h5,7-9,11-14,25,31H,4,6,19H2,1-3H3,(H,20,21)(H,22,26)(H,23,27)(H,24,28)(H,29,30). The van der Waals surface area contributed by atoms with Crippen LogP contribution in [0, 0.1) is 5.92 Å². The number of imidazole rings is 1. The molecular formula is C18H30N6O6S. The van der Waals surface area contributed by atoms with Crippen LogP contribution < -0.4 is 21.7 Å². The lowest BCUT2D eigenvalue weighted by Gasteiger charge is -2.27. The van der Waals surface area contributed by atoms with E-state index in [2.05, 4.69) is 38.5 Å². The first-order chi connectivity index (χ1) is 14.5. The molecule has 5 unspecified atom stereocenters. The third-order valence-corrected chi connectivity index (χ3v) is 4.83. The highest BCUT2D eigenvalue weighted by atomic mass is 32.1. The summed E-state index contributed by atoms with van der Waals surface area (Å²) in [4.78, 5) is 55.7.